The molecule has 0 spiro atoms. The molecule has 1 heterocycles. The molecule has 0 radical (unpaired) electrons. The summed E-state index contributed by atoms with van der Waals surface area (Å²) in [6.45, 7) is 0.786. The molecular formula is C12H11F7N2. The van der Waals surface area contributed by atoms with Crippen LogP contribution in [0.25, 0.3) is 0 Å². The topological polar surface area (TPSA) is 24.1 Å². The Balaban J connectivity index is 2.57. The Hall–Kier alpha value is -1.35. The summed E-state index contributed by atoms with van der Waals surface area (Å²) < 4.78 is 90.4. The molecule has 118 valence electrons. The van der Waals surface area contributed by atoms with Crippen LogP contribution in [0.4, 0.5) is 30.7 Å². The highest BCUT2D eigenvalue weighted by molar-refractivity contribution is 5.39. The van der Waals surface area contributed by atoms with Crippen LogP contribution in [-0.4, -0.2) is 19.6 Å². The normalized spacial score (nSPS) is 20.6. The van der Waals surface area contributed by atoms with Gasteiger partial charge in [0, 0.05) is 31.2 Å². The number of hydrogen-bond acceptors (Lipinski definition) is 2. The Morgan fingerprint density at radius 2 is 1.62 bits per heavy atom. The van der Waals surface area contributed by atoms with Crippen molar-refractivity contribution in [2.45, 2.75) is 18.4 Å². The van der Waals surface area contributed by atoms with Crippen molar-refractivity contribution >= 4 is 0 Å². The first-order chi connectivity index (χ1) is 9.60. The van der Waals surface area contributed by atoms with E-state index in [0.717, 1.165) is 0 Å². The van der Waals surface area contributed by atoms with Crippen molar-refractivity contribution in [3.8, 4) is 0 Å². The summed E-state index contributed by atoms with van der Waals surface area (Å²) in [6.07, 6.45) is -10.1. The molecule has 9 heteroatoms. The van der Waals surface area contributed by atoms with Crippen LogP contribution in [0.1, 0.15) is 22.7 Å². The van der Waals surface area contributed by atoms with Crippen LogP contribution in [-0.2, 0) is 12.4 Å². The van der Waals surface area contributed by atoms with Gasteiger partial charge in [-0.15, -0.1) is 0 Å². The lowest BCUT2D eigenvalue weighted by atomic mass is 9.95. The first kappa shape index (κ1) is 16.0. The molecule has 2 N–H and O–H groups in total. The largest absolute Gasteiger partial charge is 0.416 e. The fourth-order valence-corrected chi connectivity index (χ4v) is 2.23. The smallest absolute Gasteiger partial charge is 0.314 e. The maximum atomic E-state index is 13.9. The van der Waals surface area contributed by atoms with Crippen molar-refractivity contribution in [1.82, 2.24) is 10.6 Å². The molecular weight excluding hydrogens is 305 g/mol. The third-order valence-corrected chi connectivity index (χ3v) is 3.15. The zero-order valence-corrected chi connectivity index (χ0v) is 10.5. The van der Waals surface area contributed by atoms with Gasteiger partial charge in [0.1, 0.15) is 5.82 Å². The van der Waals surface area contributed by atoms with E-state index in [4.69, 9.17) is 0 Å². The molecule has 0 saturated carbocycles. The summed E-state index contributed by atoms with van der Waals surface area (Å²) in [4.78, 5) is 0. The second-order valence-electron chi connectivity index (χ2n) is 4.63. The number of halogens is 7. The fraction of sp³-hybridized carbons (Fsp3) is 0.500. The van der Waals surface area contributed by atoms with E-state index in [-0.39, 0.29) is 18.7 Å². The molecule has 0 amide bonds. The number of hydrogen-bond donors (Lipinski definition) is 2. The van der Waals surface area contributed by atoms with Gasteiger partial charge in [0.25, 0.3) is 0 Å². The highest BCUT2D eigenvalue weighted by Gasteiger charge is 2.41. The van der Waals surface area contributed by atoms with Gasteiger partial charge in [0.05, 0.1) is 11.1 Å². The predicted octanol–water partition coefficient (Wildman–Crippen LogP) is 3.10. The third-order valence-electron chi connectivity index (χ3n) is 3.15. The summed E-state index contributed by atoms with van der Waals surface area (Å²) in [6, 6.07) is -0.979. The van der Waals surface area contributed by atoms with E-state index in [1.807, 2.05) is 0 Å². The minimum absolute atomic E-state index is 0.00532. The Bertz CT molecular complexity index is 516. The predicted molar refractivity (Wildman–Crippen MR) is 60.0 cm³/mol. The lowest BCUT2D eigenvalue weighted by molar-refractivity contribution is -0.144. The van der Waals surface area contributed by atoms with Crippen LogP contribution >= 0.6 is 0 Å². The number of nitrogens with one attached hydrogen (secondary N) is 2. The van der Waals surface area contributed by atoms with Gasteiger partial charge in [-0.05, 0) is 12.1 Å². The zero-order chi connectivity index (χ0) is 15.8. The molecule has 1 atom stereocenters. The number of benzene rings is 1. The van der Waals surface area contributed by atoms with E-state index in [1.54, 1.807) is 0 Å². The standard InChI is InChI=1S/C12H11F7N2/c13-8-4-6(11(14,15)16)3-7(12(17,18)19)10(8)9-5-20-1-2-21-9/h3-4,9,20-21H,1-2,5H2/t9-/m1/s1. The first-order valence-electron chi connectivity index (χ1n) is 6.02. The van der Waals surface area contributed by atoms with E-state index in [1.165, 1.54) is 0 Å². The van der Waals surface area contributed by atoms with Crippen molar-refractivity contribution in [2.24, 2.45) is 0 Å². The van der Waals surface area contributed by atoms with Crippen LogP contribution in [0, 0.1) is 5.82 Å². The minimum Gasteiger partial charge on any atom is -0.314 e. The van der Waals surface area contributed by atoms with Gasteiger partial charge in [-0.25, -0.2) is 4.39 Å². The first-order valence-corrected chi connectivity index (χ1v) is 6.02. The van der Waals surface area contributed by atoms with Crippen molar-refractivity contribution in [1.29, 1.82) is 0 Å². The van der Waals surface area contributed by atoms with Crippen LogP contribution in [0.15, 0.2) is 12.1 Å². The van der Waals surface area contributed by atoms with E-state index in [2.05, 4.69) is 10.6 Å². The lowest BCUT2D eigenvalue weighted by Crippen LogP contribution is -2.43. The van der Waals surface area contributed by atoms with E-state index in [9.17, 15) is 30.7 Å². The molecule has 1 aromatic carbocycles. The quantitative estimate of drug-likeness (QED) is 0.778. The highest BCUT2D eigenvalue weighted by Crippen LogP contribution is 2.40. The van der Waals surface area contributed by atoms with Gasteiger partial charge in [-0.3, -0.25) is 0 Å². The fourth-order valence-electron chi connectivity index (χ4n) is 2.23. The van der Waals surface area contributed by atoms with Crippen molar-refractivity contribution in [3.05, 3.63) is 34.6 Å². The Kier molecular flexibility index (Phi) is 4.16. The van der Waals surface area contributed by atoms with Gasteiger partial charge in [0.2, 0.25) is 0 Å². The molecule has 1 fully saturated rings. The monoisotopic (exact) mass is 316 g/mol. The average molecular weight is 316 g/mol. The van der Waals surface area contributed by atoms with E-state index in [0.29, 0.717) is 13.1 Å². The molecule has 1 aliphatic heterocycles. The lowest BCUT2D eigenvalue weighted by Gasteiger charge is -2.28. The molecule has 1 aromatic rings. The van der Waals surface area contributed by atoms with Crippen LogP contribution < -0.4 is 10.6 Å². The molecule has 2 nitrogen and oxygen atoms in total. The van der Waals surface area contributed by atoms with E-state index < -0.39 is 40.9 Å². The summed E-state index contributed by atoms with van der Waals surface area (Å²) >= 11 is 0. The van der Waals surface area contributed by atoms with Gasteiger partial charge in [0.15, 0.2) is 0 Å². The van der Waals surface area contributed by atoms with Crippen LogP contribution in [0.5, 0.6) is 0 Å². The second kappa shape index (κ2) is 5.45. The molecule has 0 unspecified atom stereocenters. The Morgan fingerprint density at radius 1 is 0.952 bits per heavy atom. The Labute approximate surface area is 115 Å². The number of alkyl halides is 6. The third kappa shape index (κ3) is 3.46. The highest BCUT2D eigenvalue weighted by atomic mass is 19.4. The number of rotatable bonds is 1. The molecule has 2 rings (SSSR count). The summed E-state index contributed by atoms with van der Waals surface area (Å²) in [7, 11) is 0. The zero-order valence-electron chi connectivity index (χ0n) is 10.5. The second-order valence-corrected chi connectivity index (χ2v) is 4.63. The summed E-state index contributed by atoms with van der Waals surface area (Å²) in [5, 5.41) is 5.43. The summed E-state index contributed by atoms with van der Waals surface area (Å²) in [5.74, 6) is -1.52. The number of piperazine rings is 1. The maximum absolute atomic E-state index is 13.9. The van der Waals surface area contributed by atoms with Crippen LogP contribution in [0.3, 0.4) is 0 Å². The molecule has 0 aromatic heterocycles. The van der Waals surface area contributed by atoms with Crippen molar-refractivity contribution < 1.29 is 30.7 Å². The van der Waals surface area contributed by atoms with Crippen molar-refractivity contribution in [3.63, 3.8) is 0 Å². The SMILES string of the molecule is Fc1cc(C(F)(F)F)cc(C(F)(F)F)c1[C@H]1CNCCN1. The van der Waals surface area contributed by atoms with E-state index >= 15 is 0 Å². The van der Waals surface area contributed by atoms with Gasteiger partial charge < -0.3 is 10.6 Å². The van der Waals surface area contributed by atoms with Gasteiger partial charge >= 0.3 is 12.4 Å². The minimum atomic E-state index is -5.07. The summed E-state index contributed by atoms with van der Waals surface area (Å²) in [5.41, 5.74) is -4.04. The maximum Gasteiger partial charge on any atom is 0.416 e. The van der Waals surface area contributed by atoms with Crippen LogP contribution in [0.2, 0.25) is 0 Å². The molecule has 0 aliphatic carbocycles. The van der Waals surface area contributed by atoms with Crippen molar-refractivity contribution in [2.75, 3.05) is 19.6 Å². The van der Waals surface area contributed by atoms with Gasteiger partial charge in [-0.1, -0.05) is 0 Å². The Morgan fingerprint density at radius 3 is 2.10 bits per heavy atom. The average Bonchev–Trinajstić information content (AvgIpc) is 2.36. The van der Waals surface area contributed by atoms with Gasteiger partial charge in [-0.2, -0.15) is 26.3 Å². The molecule has 1 saturated heterocycles. The molecule has 0 bridgehead atoms. The molecule has 1 aliphatic rings. The molecule has 21 heavy (non-hydrogen) atoms.